The molecular weight excluding hydrogens is 483 g/mol. The predicted octanol–water partition coefficient (Wildman–Crippen LogP) is 3.80. The summed E-state index contributed by atoms with van der Waals surface area (Å²) in [6, 6.07) is 7.26. The van der Waals surface area contributed by atoms with Gasteiger partial charge in [-0.2, -0.15) is 0 Å². The van der Waals surface area contributed by atoms with E-state index in [9.17, 15) is 9.90 Å². The van der Waals surface area contributed by atoms with Crippen LogP contribution in [0, 0.1) is 0 Å². The van der Waals surface area contributed by atoms with E-state index in [1.54, 1.807) is 12.1 Å². The van der Waals surface area contributed by atoms with Crippen LogP contribution in [-0.4, -0.2) is 47.9 Å². The average molecular weight is 520 g/mol. The molecule has 8 heteroatoms. The summed E-state index contributed by atoms with van der Waals surface area (Å²) in [4.78, 5) is 16.6. The fraction of sp³-hybridized carbons (Fsp3) is 0.619. The number of aliphatic imine (C=N–C) groups is 1. The summed E-state index contributed by atoms with van der Waals surface area (Å²) in [5.74, 6) is 0.998. The van der Waals surface area contributed by atoms with Gasteiger partial charge in [-0.1, -0.05) is 12.1 Å². The van der Waals surface area contributed by atoms with Crippen molar-refractivity contribution in [1.82, 2.24) is 16.0 Å². The minimum atomic E-state index is -0.531. The van der Waals surface area contributed by atoms with Crippen LogP contribution in [0.5, 0.6) is 5.75 Å². The molecule has 0 aliphatic rings. The first-order chi connectivity index (χ1) is 13.0. The van der Waals surface area contributed by atoms with E-state index in [0.717, 1.165) is 25.9 Å². The summed E-state index contributed by atoms with van der Waals surface area (Å²) in [5, 5.41) is 18.7. The fourth-order valence-electron chi connectivity index (χ4n) is 2.40. The molecule has 0 atom stereocenters. The summed E-state index contributed by atoms with van der Waals surface area (Å²) in [6.07, 6.45) is 1.41. The van der Waals surface area contributed by atoms with Crippen molar-refractivity contribution in [3.63, 3.8) is 0 Å². The Morgan fingerprint density at radius 2 is 1.72 bits per heavy atom. The van der Waals surface area contributed by atoms with Gasteiger partial charge in [0.25, 0.3) is 0 Å². The van der Waals surface area contributed by atoms with Crippen molar-refractivity contribution in [2.24, 2.45) is 4.99 Å². The van der Waals surface area contributed by atoms with Gasteiger partial charge in [0.1, 0.15) is 11.4 Å². The number of carbonyl (C=O) groups is 1. The maximum absolute atomic E-state index is 12.0. The zero-order valence-corrected chi connectivity index (χ0v) is 20.8. The van der Waals surface area contributed by atoms with Crippen molar-refractivity contribution in [1.29, 1.82) is 0 Å². The molecule has 0 spiro atoms. The summed E-state index contributed by atoms with van der Waals surface area (Å²) in [5.41, 5.74) is 0.123. The van der Waals surface area contributed by atoms with E-state index in [0.29, 0.717) is 12.5 Å². The molecule has 0 aromatic heterocycles. The molecule has 0 saturated carbocycles. The van der Waals surface area contributed by atoms with Crippen LogP contribution >= 0.6 is 24.0 Å². The Bertz CT molecular complexity index is 640. The van der Waals surface area contributed by atoms with E-state index in [2.05, 4.69) is 20.9 Å². The van der Waals surface area contributed by atoms with E-state index >= 15 is 0 Å². The molecule has 1 amide bonds. The third kappa shape index (κ3) is 13.2. The number of ether oxygens (including phenoxy) is 1. The number of nitrogens with one attached hydrogen (secondary N) is 3. The maximum atomic E-state index is 12.0. The first-order valence-corrected chi connectivity index (χ1v) is 9.82. The van der Waals surface area contributed by atoms with E-state index < -0.39 is 17.2 Å². The standard InChI is InChI=1S/C21H36N4O3.HI/c1-7-22-18(23-14-8-9-16-10-12-17(26)13-11-16)24-15-21(5,6)25-19(27)28-20(2,3)4;/h10-13,26H,7-9,14-15H2,1-6H3,(H,25,27)(H2,22,23,24);1H. The Hall–Kier alpha value is -1.71. The highest BCUT2D eigenvalue weighted by molar-refractivity contribution is 14.0. The molecule has 29 heavy (non-hydrogen) atoms. The molecule has 0 unspecified atom stereocenters. The minimum Gasteiger partial charge on any atom is -0.508 e. The SMILES string of the molecule is CCNC(=NCC(C)(C)NC(=O)OC(C)(C)C)NCCCc1ccc(O)cc1.I. The number of hydrogen-bond acceptors (Lipinski definition) is 4. The van der Waals surface area contributed by atoms with Crippen LogP contribution in [0.1, 0.15) is 53.5 Å². The zero-order chi connectivity index (χ0) is 21.2. The zero-order valence-electron chi connectivity index (χ0n) is 18.5. The lowest BCUT2D eigenvalue weighted by atomic mass is 10.1. The highest BCUT2D eigenvalue weighted by atomic mass is 127. The Balaban J connectivity index is 0.00000784. The normalized spacial score (nSPS) is 12.0. The average Bonchev–Trinajstić information content (AvgIpc) is 2.55. The van der Waals surface area contributed by atoms with Gasteiger partial charge in [-0.05, 0) is 72.1 Å². The molecule has 7 nitrogen and oxygen atoms in total. The van der Waals surface area contributed by atoms with Crippen LogP contribution in [0.3, 0.4) is 0 Å². The van der Waals surface area contributed by atoms with Gasteiger partial charge in [0.2, 0.25) is 0 Å². The van der Waals surface area contributed by atoms with Gasteiger partial charge < -0.3 is 25.8 Å². The molecule has 0 fully saturated rings. The van der Waals surface area contributed by atoms with Gasteiger partial charge in [-0.3, -0.25) is 4.99 Å². The molecule has 0 saturated heterocycles. The second-order valence-electron chi connectivity index (χ2n) is 8.40. The quantitative estimate of drug-likeness (QED) is 0.181. The topological polar surface area (TPSA) is 95.0 Å². The Labute approximate surface area is 192 Å². The molecule has 0 heterocycles. The molecule has 0 bridgehead atoms. The number of nitrogens with zero attached hydrogens (tertiary/aromatic N) is 1. The molecule has 1 aromatic carbocycles. The van der Waals surface area contributed by atoms with E-state index in [-0.39, 0.29) is 29.7 Å². The summed E-state index contributed by atoms with van der Waals surface area (Å²) in [7, 11) is 0. The monoisotopic (exact) mass is 520 g/mol. The Morgan fingerprint density at radius 1 is 1.10 bits per heavy atom. The lowest BCUT2D eigenvalue weighted by Crippen LogP contribution is -2.49. The lowest BCUT2D eigenvalue weighted by molar-refractivity contribution is 0.0476. The Morgan fingerprint density at radius 3 is 2.28 bits per heavy atom. The number of phenolic OH excluding ortho intramolecular Hbond substituents is 1. The minimum absolute atomic E-state index is 0. The number of phenols is 1. The first-order valence-electron chi connectivity index (χ1n) is 9.82. The molecule has 166 valence electrons. The second-order valence-corrected chi connectivity index (χ2v) is 8.40. The molecule has 4 N–H and O–H groups in total. The smallest absolute Gasteiger partial charge is 0.408 e. The highest BCUT2D eigenvalue weighted by Crippen LogP contribution is 2.11. The number of guanidine groups is 1. The second kappa shape index (κ2) is 12.8. The van der Waals surface area contributed by atoms with Crippen molar-refractivity contribution in [3.8, 4) is 5.75 Å². The van der Waals surface area contributed by atoms with Crippen molar-refractivity contribution in [2.45, 2.75) is 65.5 Å². The number of alkyl carbamates (subject to hydrolysis) is 1. The van der Waals surface area contributed by atoms with Gasteiger partial charge in [0, 0.05) is 13.1 Å². The molecule has 0 radical (unpaired) electrons. The number of amides is 1. The maximum Gasteiger partial charge on any atom is 0.408 e. The van der Waals surface area contributed by atoms with Gasteiger partial charge in [0.05, 0.1) is 12.1 Å². The number of rotatable bonds is 8. The van der Waals surface area contributed by atoms with Crippen LogP contribution in [0.15, 0.2) is 29.3 Å². The van der Waals surface area contributed by atoms with Crippen LogP contribution in [0.25, 0.3) is 0 Å². The van der Waals surface area contributed by atoms with Crippen LogP contribution in [0.2, 0.25) is 0 Å². The largest absolute Gasteiger partial charge is 0.508 e. The molecule has 1 aromatic rings. The lowest BCUT2D eigenvalue weighted by Gasteiger charge is -2.27. The number of benzene rings is 1. The number of hydrogen-bond donors (Lipinski definition) is 4. The number of aromatic hydroxyl groups is 1. The third-order valence-electron chi connectivity index (χ3n) is 3.69. The summed E-state index contributed by atoms with van der Waals surface area (Å²) >= 11 is 0. The number of carbonyl (C=O) groups excluding carboxylic acids is 1. The summed E-state index contributed by atoms with van der Waals surface area (Å²) < 4.78 is 5.31. The van der Waals surface area contributed by atoms with Crippen molar-refractivity contribution < 1.29 is 14.6 Å². The fourth-order valence-corrected chi connectivity index (χ4v) is 2.40. The van der Waals surface area contributed by atoms with Gasteiger partial charge >= 0.3 is 6.09 Å². The summed E-state index contributed by atoms with van der Waals surface area (Å²) in [6.45, 7) is 13.3. The van der Waals surface area contributed by atoms with Crippen molar-refractivity contribution in [3.05, 3.63) is 29.8 Å². The number of aryl methyl sites for hydroxylation is 1. The molecular formula is C21H37IN4O3. The van der Waals surface area contributed by atoms with Crippen LogP contribution < -0.4 is 16.0 Å². The number of halogens is 1. The third-order valence-corrected chi connectivity index (χ3v) is 3.69. The molecule has 1 rings (SSSR count). The first kappa shape index (κ1) is 27.3. The molecule has 0 aliphatic carbocycles. The van der Waals surface area contributed by atoms with Crippen LogP contribution in [-0.2, 0) is 11.2 Å². The van der Waals surface area contributed by atoms with Crippen molar-refractivity contribution in [2.75, 3.05) is 19.6 Å². The predicted molar refractivity (Wildman–Crippen MR) is 129 cm³/mol. The van der Waals surface area contributed by atoms with Gasteiger partial charge in [-0.15, -0.1) is 24.0 Å². The van der Waals surface area contributed by atoms with E-state index in [1.165, 1.54) is 5.56 Å². The molecule has 0 aliphatic heterocycles. The highest BCUT2D eigenvalue weighted by Gasteiger charge is 2.24. The van der Waals surface area contributed by atoms with Gasteiger partial charge in [0.15, 0.2) is 5.96 Å². The van der Waals surface area contributed by atoms with E-state index in [4.69, 9.17) is 4.74 Å². The van der Waals surface area contributed by atoms with Crippen molar-refractivity contribution >= 4 is 36.0 Å². The van der Waals surface area contributed by atoms with E-state index in [1.807, 2.05) is 53.7 Å². The van der Waals surface area contributed by atoms with Crippen LogP contribution in [0.4, 0.5) is 4.79 Å². The Kier molecular flexibility index (Phi) is 12.0. The van der Waals surface area contributed by atoms with Gasteiger partial charge in [-0.25, -0.2) is 4.79 Å².